The molecule has 0 bridgehead atoms. The molecule has 1 aliphatic heterocycles. The quantitative estimate of drug-likeness (QED) is 0.482. The minimum Gasteiger partial charge on any atom is -0.375 e. The molecule has 2 aromatic carbocycles. The molecule has 0 unspecified atom stereocenters. The minimum atomic E-state index is -1.92. The molecule has 1 aromatic heterocycles. The number of nitro groups is 1. The van der Waals surface area contributed by atoms with Gasteiger partial charge in [-0.2, -0.15) is 0 Å². The van der Waals surface area contributed by atoms with Gasteiger partial charge in [0.25, 0.3) is 11.6 Å². The van der Waals surface area contributed by atoms with Crippen LogP contribution >= 0.6 is 0 Å². The number of amides is 1. The Labute approximate surface area is 178 Å². The SMILES string of the molecule is Cc1ccc(/C=C/[C@@H](C)[C@@]2(O)C(=O)Nc3ccc([N+](=O)[O-])cc32)c(-c2ncccn2)c1. The van der Waals surface area contributed by atoms with Crippen LogP contribution in [0.15, 0.2) is 60.9 Å². The summed E-state index contributed by atoms with van der Waals surface area (Å²) < 4.78 is 0. The van der Waals surface area contributed by atoms with E-state index in [1.807, 2.05) is 25.1 Å². The van der Waals surface area contributed by atoms with E-state index in [2.05, 4.69) is 15.3 Å². The summed E-state index contributed by atoms with van der Waals surface area (Å²) in [4.78, 5) is 31.9. The number of hydrogen-bond donors (Lipinski definition) is 2. The van der Waals surface area contributed by atoms with E-state index in [4.69, 9.17) is 0 Å². The van der Waals surface area contributed by atoms with Gasteiger partial charge in [0.1, 0.15) is 0 Å². The molecular weight excluding hydrogens is 396 g/mol. The Balaban J connectivity index is 1.72. The van der Waals surface area contributed by atoms with E-state index in [0.29, 0.717) is 11.5 Å². The van der Waals surface area contributed by atoms with E-state index in [0.717, 1.165) is 16.7 Å². The highest BCUT2D eigenvalue weighted by atomic mass is 16.6. The summed E-state index contributed by atoms with van der Waals surface area (Å²) >= 11 is 0. The largest absolute Gasteiger partial charge is 0.375 e. The molecule has 1 amide bonds. The van der Waals surface area contributed by atoms with Crippen molar-refractivity contribution >= 4 is 23.4 Å². The lowest BCUT2D eigenvalue weighted by Gasteiger charge is -2.26. The van der Waals surface area contributed by atoms with Crippen LogP contribution in [0, 0.1) is 23.0 Å². The Hall–Kier alpha value is -3.91. The highest BCUT2D eigenvalue weighted by Crippen LogP contribution is 2.43. The second kappa shape index (κ2) is 7.73. The lowest BCUT2D eigenvalue weighted by atomic mass is 9.82. The van der Waals surface area contributed by atoms with E-state index in [9.17, 15) is 20.0 Å². The molecule has 156 valence electrons. The molecule has 0 spiro atoms. The standard InChI is InChI=1S/C23H20N4O4/c1-14-4-6-16(18(12-14)21-24-10-3-11-25-21)7-5-15(2)23(29)19-13-17(27(30)31)8-9-20(19)26-22(23)28/h3-13,15,29H,1-2H3,(H,26,28)/b7-5+/t15-,23+/m1/s1. The van der Waals surface area contributed by atoms with Crippen molar-refractivity contribution < 1.29 is 14.8 Å². The molecule has 0 saturated carbocycles. The lowest BCUT2D eigenvalue weighted by molar-refractivity contribution is -0.385. The van der Waals surface area contributed by atoms with Crippen molar-refractivity contribution in [3.05, 3.63) is 87.7 Å². The van der Waals surface area contributed by atoms with E-state index < -0.39 is 22.3 Å². The van der Waals surface area contributed by atoms with E-state index in [1.165, 1.54) is 18.2 Å². The number of benzene rings is 2. The first kappa shape index (κ1) is 20.4. The zero-order valence-electron chi connectivity index (χ0n) is 16.9. The molecule has 1 aliphatic rings. The summed E-state index contributed by atoms with van der Waals surface area (Å²) in [5.74, 6) is -0.714. The molecule has 2 heterocycles. The fourth-order valence-corrected chi connectivity index (χ4v) is 3.70. The van der Waals surface area contributed by atoms with Gasteiger partial charge >= 0.3 is 0 Å². The summed E-state index contributed by atoms with van der Waals surface area (Å²) in [5.41, 5.74) is 1.14. The normalized spacial score (nSPS) is 18.6. The Kier molecular flexibility index (Phi) is 5.08. The van der Waals surface area contributed by atoms with Gasteiger partial charge in [-0.1, -0.05) is 36.8 Å². The van der Waals surface area contributed by atoms with Crippen LogP contribution in [0.2, 0.25) is 0 Å². The number of hydrogen-bond acceptors (Lipinski definition) is 6. The van der Waals surface area contributed by atoms with Crippen molar-refractivity contribution in [2.45, 2.75) is 19.4 Å². The predicted molar refractivity (Wildman–Crippen MR) is 116 cm³/mol. The third-order valence-corrected chi connectivity index (χ3v) is 5.46. The van der Waals surface area contributed by atoms with E-state index in [1.54, 1.807) is 37.5 Å². The first-order valence-electron chi connectivity index (χ1n) is 9.69. The average Bonchev–Trinajstić information content (AvgIpc) is 3.03. The summed E-state index contributed by atoms with van der Waals surface area (Å²) in [6, 6.07) is 11.5. The topological polar surface area (TPSA) is 118 Å². The van der Waals surface area contributed by atoms with Gasteiger partial charge in [0.2, 0.25) is 0 Å². The van der Waals surface area contributed by atoms with Crippen LogP contribution < -0.4 is 5.32 Å². The summed E-state index contributed by atoms with van der Waals surface area (Å²) in [6.07, 6.45) is 6.84. The van der Waals surface area contributed by atoms with Crippen LogP contribution in [0.4, 0.5) is 11.4 Å². The maximum Gasteiger partial charge on any atom is 0.269 e. The fourth-order valence-electron chi connectivity index (χ4n) is 3.70. The molecule has 0 saturated heterocycles. The first-order chi connectivity index (χ1) is 14.8. The van der Waals surface area contributed by atoms with Crippen molar-refractivity contribution in [3.63, 3.8) is 0 Å². The number of nitro benzene ring substituents is 1. The van der Waals surface area contributed by atoms with Crippen molar-refractivity contribution in [3.8, 4) is 11.4 Å². The number of rotatable bonds is 5. The predicted octanol–water partition coefficient (Wildman–Crippen LogP) is 3.85. The molecule has 0 aliphatic carbocycles. The number of anilines is 1. The van der Waals surface area contributed by atoms with Crippen LogP contribution in [-0.2, 0) is 10.4 Å². The van der Waals surface area contributed by atoms with Gasteiger partial charge in [0.15, 0.2) is 11.4 Å². The van der Waals surface area contributed by atoms with Gasteiger partial charge in [-0.3, -0.25) is 14.9 Å². The number of non-ortho nitro benzene ring substituents is 1. The second-order valence-corrected chi connectivity index (χ2v) is 7.52. The first-order valence-corrected chi connectivity index (χ1v) is 9.69. The van der Waals surface area contributed by atoms with Crippen LogP contribution in [0.3, 0.4) is 0 Å². The van der Waals surface area contributed by atoms with Crippen LogP contribution in [0.5, 0.6) is 0 Å². The number of aliphatic hydroxyl groups is 1. The van der Waals surface area contributed by atoms with Crippen molar-refractivity contribution in [2.75, 3.05) is 5.32 Å². The summed E-state index contributed by atoms with van der Waals surface area (Å²) in [6.45, 7) is 3.66. The smallest absolute Gasteiger partial charge is 0.269 e. The van der Waals surface area contributed by atoms with Gasteiger partial charge in [-0.15, -0.1) is 0 Å². The Morgan fingerprint density at radius 1 is 1.19 bits per heavy atom. The van der Waals surface area contributed by atoms with Crippen LogP contribution in [0.1, 0.15) is 23.6 Å². The molecule has 2 N–H and O–H groups in total. The second-order valence-electron chi connectivity index (χ2n) is 7.52. The average molecular weight is 416 g/mol. The third-order valence-electron chi connectivity index (χ3n) is 5.46. The van der Waals surface area contributed by atoms with E-state index >= 15 is 0 Å². The molecule has 2 atom stereocenters. The summed E-state index contributed by atoms with van der Waals surface area (Å²) in [5, 5.41) is 25.1. The lowest BCUT2D eigenvalue weighted by Crippen LogP contribution is -2.39. The number of fused-ring (bicyclic) bond motifs is 1. The van der Waals surface area contributed by atoms with Gasteiger partial charge in [0.05, 0.1) is 4.92 Å². The molecule has 4 rings (SSSR count). The van der Waals surface area contributed by atoms with Crippen molar-refractivity contribution in [1.82, 2.24) is 9.97 Å². The van der Waals surface area contributed by atoms with Gasteiger partial charge in [-0.25, -0.2) is 9.97 Å². The Morgan fingerprint density at radius 2 is 1.94 bits per heavy atom. The molecule has 3 aromatic rings. The molecule has 8 heteroatoms. The summed E-state index contributed by atoms with van der Waals surface area (Å²) in [7, 11) is 0. The fraction of sp³-hybridized carbons (Fsp3) is 0.174. The van der Waals surface area contributed by atoms with Crippen LogP contribution in [-0.4, -0.2) is 25.9 Å². The molecule has 0 fully saturated rings. The van der Waals surface area contributed by atoms with Crippen LogP contribution in [0.25, 0.3) is 17.5 Å². The highest BCUT2D eigenvalue weighted by molar-refractivity contribution is 6.05. The number of nitrogens with one attached hydrogen (secondary N) is 1. The highest BCUT2D eigenvalue weighted by Gasteiger charge is 2.49. The number of nitrogens with zero attached hydrogens (tertiary/aromatic N) is 3. The monoisotopic (exact) mass is 416 g/mol. The molecular formula is C23H20N4O4. The maximum atomic E-state index is 12.6. The number of aromatic nitrogens is 2. The Morgan fingerprint density at radius 3 is 2.65 bits per heavy atom. The molecule has 31 heavy (non-hydrogen) atoms. The molecule has 0 radical (unpaired) electrons. The number of carbonyl (C=O) groups is 1. The van der Waals surface area contributed by atoms with Gasteiger partial charge < -0.3 is 10.4 Å². The van der Waals surface area contributed by atoms with Crippen molar-refractivity contribution in [1.29, 1.82) is 0 Å². The zero-order valence-corrected chi connectivity index (χ0v) is 16.9. The minimum absolute atomic E-state index is 0.188. The van der Waals surface area contributed by atoms with E-state index in [-0.39, 0.29) is 11.3 Å². The molecule has 8 nitrogen and oxygen atoms in total. The third kappa shape index (κ3) is 3.57. The maximum absolute atomic E-state index is 12.6. The Bertz CT molecular complexity index is 1210. The van der Waals surface area contributed by atoms with Crippen molar-refractivity contribution in [2.24, 2.45) is 5.92 Å². The zero-order chi connectivity index (χ0) is 22.2. The number of carbonyl (C=O) groups excluding carboxylic acids is 1. The number of aryl methyl sites for hydroxylation is 1. The van der Waals surface area contributed by atoms with Gasteiger partial charge in [0, 0.05) is 47.3 Å². The van der Waals surface area contributed by atoms with Gasteiger partial charge in [-0.05, 0) is 30.7 Å².